The van der Waals surface area contributed by atoms with Gasteiger partial charge >= 0.3 is 5.97 Å². The largest absolute Gasteiger partial charge is 0.495 e. The molecule has 0 aliphatic rings. The van der Waals surface area contributed by atoms with Crippen molar-refractivity contribution < 1.29 is 24.2 Å². The van der Waals surface area contributed by atoms with Gasteiger partial charge in [0.25, 0.3) is 0 Å². The molecule has 106 valence electrons. The van der Waals surface area contributed by atoms with Crippen molar-refractivity contribution in [1.29, 1.82) is 0 Å². The number of aliphatic carboxylic acids is 1. The molecule has 1 rings (SSSR count). The molecule has 0 aliphatic carbocycles. The maximum atomic E-state index is 9.87. The van der Waals surface area contributed by atoms with Crippen LogP contribution in [0, 0.1) is 0 Å². The molecular formula is C12H16ClNO5. The lowest BCUT2D eigenvalue weighted by atomic mass is 10.3. The zero-order chi connectivity index (χ0) is 15.0. The second-order valence-electron chi connectivity index (χ2n) is 3.50. The number of carboxylic acid groups (broad SMARTS) is 1. The van der Waals surface area contributed by atoms with Gasteiger partial charge in [0.1, 0.15) is 23.7 Å². The van der Waals surface area contributed by atoms with Crippen molar-refractivity contribution in [2.75, 3.05) is 20.0 Å². The molecule has 0 atom stereocenters. The first-order valence-corrected chi connectivity index (χ1v) is 5.57. The molecule has 0 amide bonds. The molecule has 0 aliphatic heterocycles. The predicted molar refractivity (Wildman–Crippen MR) is 71.9 cm³/mol. The summed E-state index contributed by atoms with van der Waals surface area (Å²) < 4.78 is 9.92. The average Bonchev–Trinajstić information content (AvgIpc) is 2.30. The highest BCUT2D eigenvalue weighted by molar-refractivity contribution is 6.32. The van der Waals surface area contributed by atoms with Crippen LogP contribution in [0.2, 0.25) is 5.02 Å². The molecule has 0 radical (unpaired) electrons. The minimum absolute atomic E-state index is 0.312. The van der Waals surface area contributed by atoms with Gasteiger partial charge in [-0.15, -0.1) is 0 Å². The van der Waals surface area contributed by atoms with Crippen molar-refractivity contribution in [1.82, 2.24) is 0 Å². The number of anilines is 1. The van der Waals surface area contributed by atoms with Crippen LogP contribution in [0.15, 0.2) is 12.1 Å². The van der Waals surface area contributed by atoms with Gasteiger partial charge < -0.3 is 20.3 Å². The maximum Gasteiger partial charge on any atom is 0.310 e. The van der Waals surface area contributed by atoms with Gasteiger partial charge in [0.15, 0.2) is 0 Å². The first-order chi connectivity index (χ1) is 8.81. The van der Waals surface area contributed by atoms with Gasteiger partial charge in [0, 0.05) is 12.1 Å². The Labute approximate surface area is 116 Å². The number of hydrogen-bond acceptors (Lipinski definition) is 5. The van der Waals surface area contributed by atoms with Crippen LogP contribution < -0.4 is 15.2 Å². The minimum Gasteiger partial charge on any atom is -0.495 e. The Balaban J connectivity index is 0.000000399. The number of nitrogens with two attached hydrogens (primary N) is 1. The highest BCUT2D eigenvalue weighted by atomic mass is 35.5. The van der Waals surface area contributed by atoms with Gasteiger partial charge in [0.05, 0.1) is 24.9 Å². The lowest BCUT2D eigenvalue weighted by Crippen LogP contribution is -2.00. The van der Waals surface area contributed by atoms with E-state index >= 15 is 0 Å². The molecule has 1 aromatic carbocycles. The summed E-state index contributed by atoms with van der Waals surface area (Å²) >= 11 is 5.82. The number of halogens is 1. The van der Waals surface area contributed by atoms with E-state index in [0.717, 1.165) is 0 Å². The monoisotopic (exact) mass is 289 g/mol. The van der Waals surface area contributed by atoms with Crippen LogP contribution in [0.5, 0.6) is 11.5 Å². The molecule has 6 nitrogen and oxygen atoms in total. The smallest absolute Gasteiger partial charge is 0.310 e. The van der Waals surface area contributed by atoms with Crippen molar-refractivity contribution in [3.8, 4) is 11.5 Å². The molecule has 1 aromatic rings. The zero-order valence-corrected chi connectivity index (χ0v) is 11.7. The molecule has 0 saturated carbocycles. The fourth-order valence-corrected chi connectivity index (χ4v) is 1.33. The van der Waals surface area contributed by atoms with Gasteiger partial charge in [-0.05, 0) is 6.92 Å². The average molecular weight is 290 g/mol. The van der Waals surface area contributed by atoms with E-state index in [-0.39, 0.29) is 12.2 Å². The van der Waals surface area contributed by atoms with E-state index in [2.05, 4.69) is 0 Å². The number of hydrogen-bond donors (Lipinski definition) is 2. The number of nitrogen functional groups attached to an aromatic ring is 1. The standard InChI is InChI=1S/C8H10ClNO2.C4H6O3/c1-11-7-4-6(10)8(12-2)3-5(7)9;1-3(5)2-4(6)7/h3-4H,10H2,1-2H3;2H2,1H3,(H,6,7). The van der Waals surface area contributed by atoms with E-state index in [1.165, 1.54) is 21.1 Å². The molecular weight excluding hydrogens is 274 g/mol. The van der Waals surface area contributed by atoms with E-state index in [1.807, 2.05) is 0 Å². The first kappa shape index (κ1) is 17.1. The quantitative estimate of drug-likeness (QED) is 0.649. The van der Waals surface area contributed by atoms with Crippen molar-refractivity contribution in [2.45, 2.75) is 13.3 Å². The van der Waals surface area contributed by atoms with Gasteiger partial charge in [0.2, 0.25) is 0 Å². The summed E-state index contributed by atoms with van der Waals surface area (Å²) in [6.07, 6.45) is -0.361. The van der Waals surface area contributed by atoms with Crippen LogP contribution in [-0.2, 0) is 9.59 Å². The van der Waals surface area contributed by atoms with Crippen LogP contribution >= 0.6 is 11.6 Å². The number of ketones is 1. The summed E-state index contributed by atoms with van der Waals surface area (Å²) in [5.74, 6) is -0.268. The summed E-state index contributed by atoms with van der Waals surface area (Å²) in [6.45, 7) is 1.24. The number of carbonyl (C=O) groups is 2. The maximum absolute atomic E-state index is 9.87. The molecule has 0 saturated heterocycles. The van der Waals surface area contributed by atoms with Crippen LogP contribution in [0.3, 0.4) is 0 Å². The summed E-state index contributed by atoms with van der Waals surface area (Å²) in [4.78, 5) is 19.5. The van der Waals surface area contributed by atoms with Gasteiger partial charge in [-0.1, -0.05) is 11.6 Å². The Hall–Kier alpha value is -1.95. The molecule has 19 heavy (non-hydrogen) atoms. The van der Waals surface area contributed by atoms with E-state index in [0.29, 0.717) is 22.2 Å². The Bertz CT molecular complexity index is 420. The third-order valence-electron chi connectivity index (χ3n) is 1.90. The number of carbonyl (C=O) groups excluding carboxylic acids is 1. The van der Waals surface area contributed by atoms with Crippen LogP contribution in [-0.4, -0.2) is 31.1 Å². The van der Waals surface area contributed by atoms with Gasteiger partial charge in [-0.2, -0.15) is 0 Å². The third-order valence-corrected chi connectivity index (χ3v) is 2.20. The summed E-state index contributed by atoms with van der Waals surface area (Å²) in [5.41, 5.74) is 6.13. The molecule has 7 heteroatoms. The number of methoxy groups -OCH3 is 2. The molecule has 0 heterocycles. The van der Waals surface area contributed by atoms with Crippen molar-refractivity contribution in [2.24, 2.45) is 0 Å². The molecule has 0 aromatic heterocycles. The van der Waals surface area contributed by atoms with E-state index in [4.69, 9.17) is 31.9 Å². The van der Waals surface area contributed by atoms with E-state index in [9.17, 15) is 9.59 Å². The first-order valence-electron chi connectivity index (χ1n) is 5.20. The molecule has 0 spiro atoms. The highest BCUT2D eigenvalue weighted by Crippen LogP contribution is 2.33. The lowest BCUT2D eigenvalue weighted by molar-refractivity contribution is -0.139. The SMILES string of the molecule is CC(=O)CC(=O)O.COc1cc(Cl)c(OC)cc1N. The molecule has 3 N–H and O–H groups in total. The summed E-state index contributed by atoms with van der Waals surface area (Å²) in [5, 5.41) is 8.35. The third kappa shape index (κ3) is 6.52. The Morgan fingerprint density at radius 3 is 2.11 bits per heavy atom. The van der Waals surface area contributed by atoms with E-state index < -0.39 is 5.97 Å². The van der Waals surface area contributed by atoms with Crippen LogP contribution in [0.4, 0.5) is 5.69 Å². The summed E-state index contributed by atoms with van der Waals surface area (Å²) in [6, 6.07) is 3.25. The summed E-state index contributed by atoms with van der Waals surface area (Å²) in [7, 11) is 3.07. The van der Waals surface area contributed by atoms with Crippen molar-refractivity contribution in [3.63, 3.8) is 0 Å². The topological polar surface area (TPSA) is 98.9 Å². The Kier molecular flexibility index (Phi) is 7.36. The Morgan fingerprint density at radius 1 is 1.26 bits per heavy atom. The van der Waals surface area contributed by atoms with Crippen molar-refractivity contribution >= 4 is 29.0 Å². The molecule has 0 fully saturated rings. The number of Topliss-reactive ketones (excluding diaryl/α,β-unsaturated/α-hetero) is 1. The van der Waals surface area contributed by atoms with E-state index in [1.54, 1.807) is 12.1 Å². The lowest BCUT2D eigenvalue weighted by Gasteiger charge is -2.08. The number of carboxylic acids is 1. The van der Waals surface area contributed by atoms with Crippen LogP contribution in [0.1, 0.15) is 13.3 Å². The number of rotatable bonds is 4. The van der Waals surface area contributed by atoms with Gasteiger partial charge in [-0.25, -0.2) is 0 Å². The van der Waals surface area contributed by atoms with Crippen molar-refractivity contribution in [3.05, 3.63) is 17.2 Å². The molecule has 0 unspecified atom stereocenters. The normalized spacial score (nSPS) is 9.05. The fraction of sp³-hybridized carbons (Fsp3) is 0.333. The predicted octanol–water partition coefficient (Wildman–Crippen LogP) is 1.99. The number of benzene rings is 1. The number of ether oxygens (including phenoxy) is 2. The minimum atomic E-state index is -1.06. The van der Waals surface area contributed by atoms with Crippen LogP contribution in [0.25, 0.3) is 0 Å². The second-order valence-corrected chi connectivity index (χ2v) is 3.91. The zero-order valence-electron chi connectivity index (χ0n) is 10.9. The Morgan fingerprint density at radius 2 is 1.79 bits per heavy atom. The fourth-order valence-electron chi connectivity index (χ4n) is 1.10. The highest BCUT2D eigenvalue weighted by Gasteiger charge is 2.06. The molecule has 0 bridgehead atoms. The second kappa shape index (κ2) is 8.20. The van der Waals surface area contributed by atoms with Gasteiger partial charge in [-0.3, -0.25) is 9.59 Å².